The molecule has 0 amide bonds. The molecule has 24 heavy (non-hydrogen) atoms. The number of methoxy groups -OCH3 is 1. The van der Waals surface area contributed by atoms with E-state index in [-0.39, 0.29) is 13.4 Å². The largest absolute Gasteiger partial charge is 0.493 e. The Morgan fingerprint density at radius 1 is 0.875 bits per heavy atom. The topological polar surface area (TPSA) is 61.8 Å². The van der Waals surface area contributed by atoms with E-state index in [0.717, 1.165) is 11.1 Å². The van der Waals surface area contributed by atoms with Crippen molar-refractivity contribution in [2.24, 2.45) is 0 Å². The molecule has 2 aromatic rings. The fourth-order valence-corrected chi connectivity index (χ4v) is 2.21. The molecule has 128 valence electrons. The SMILES string of the molecule is C.COc1cc(C(OC(C)=O)c2ccccc2)ccc1OC(C)=O. The number of benzene rings is 2. The van der Waals surface area contributed by atoms with E-state index in [9.17, 15) is 9.59 Å². The van der Waals surface area contributed by atoms with E-state index in [1.54, 1.807) is 18.2 Å². The Labute approximate surface area is 142 Å². The fourth-order valence-electron chi connectivity index (χ4n) is 2.21. The Kier molecular flexibility index (Phi) is 6.98. The van der Waals surface area contributed by atoms with Crippen LogP contribution < -0.4 is 9.47 Å². The van der Waals surface area contributed by atoms with Crippen molar-refractivity contribution in [2.45, 2.75) is 27.4 Å². The molecule has 5 heteroatoms. The summed E-state index contributed by atoms with van der Waals surface area (Å²) in [5.41, 5.74) is 1.56. The maximum atomic E-state index is 11.4. The highest BCUT2D eigenvalue weighted by atomic mass is 16.6. The summed E-state index contributed by atoms with van der Waals surface area (Å²) in [6, 6.07) is 14.4. The lowest BCUT2D eigenvalue weighted by atomic mass is 10.0. The lowest BCUT2D eigenvalue weighted by Gasteiger charge is -2.19. The van der Waals surface area contributed by atoms with Gasteiger partial charge in [0.15, 0.2) is 17.6 Å². The van der Waals surface area contributed by atoms with Crippen LogP contribution in [-0.4, -0.2) is 19.0 Å². The maximum Gasteiger partial charge on any atom is 0.308 e. The molecule has 0 N–H and O–H groups in total. The normalized spacial score (nSPS) is 11.0. The summed E-state index contributed by atoms with van der Waals surface area (Å²) in [6.07, 6.45) is -0.561. The van der Waals surface area contributed by atoms with Gasteiger partial charge < -0.3 is 14.2 Å². The summed E-state index contributed by atoms with van der Waals surface area (Å²) in [5.74, 6) is -0.110. The van der Waals surface area contributed by atoms with Gasteiger partial charge in [0.05, 0.1) is 7.11 Å². The van der Waals surface area contributed by atoms with Crippen LogP contribution in [-0.2, 0) is 14.3 Å². The number of carbonyl (C=O) groups excluding carboxylic acids is 2. The third-order valence-electron chi connectivity index (χ3n) is 3.13. The Morgan fingerprint density at radius 2 is 1.54 bits per heavy atom. The number of hydrogen-bond donors (Lipinski definition) is 0. The molecule has 0 bridgehead atoms. The van der Waals surface area contributed by atoms with Crippen LogP contribution in [0, 0.1) is 0 Å². The Morgan fingerprint density at radius 3 is 2.08 bits per heavy atom. The fraction of sp³-hybridized carbons (Fsp3) is 0.263. The number of carbonyl (C=O) groups is 2. The summed E-state index contributed by atoms with van der Waals surface area (Å²) in [6.45, 7) is 2.68. The Balaban J connectivity index is 0.00000288. The van der Waals surface area contributed by atoms with E-state index in [1.807, 2.05) is 30.3 Å². The quantitative estimate of drug-likeness (QED) is 0.614. The smallest absolute Gasteiger partial charge is 0.308 e. The van der Waals surface area contributed by atoms with Gasteiger partial charge in [0.1, 0.15) is 0 Å². The van der Waals surface area contributed by atoms with E-state index < -0.39 is 12.1 Å². The molecule has 0 saturated carbocycles. The second-order valence-electron chi connectivity index (χ2n) is 4.90. The van der Waals surface area contributed by atoms with Gasteiger partial charge in [-0.1, -0.05) is 43.8 Å². The molecule has 2 aromatic carbocycles. The molecular weight excluding hydrogens is 308 g/mol. The van der Waals surface area contributed by atoms with Crippen LogP contribution >= 0.6 is 0 Å². The molecule has 1 atom stereocenters. The van der Waals surface area contributed by atoms with Crippen LogP contribution in [0.15, 0.2) is 48.5 Å². The van der Waals surface area contributed by atoms with E-state index in [1.165, 1.54) is 21.0 Å². The van der Waals surface area contributed by atoms with Crippen LogP contribution in [0.2, 0.25) is 0 Å². The van der Waals surface area contributed by atoms with Crippen molar-refractivity contribution in [1.82, 2.24) is 0 Å². The molecule has 0 radical (unpaired) electrons. The summed E-state index contributed by atoms with van der Waals surface area (Å²) in [5, 5.41) is 0. The van der Waals surface area contributed by atoms with Crippen molar-refractivity contribution in [2.75, 3.05) is 7.11 Å². The van der Waals surface area contributed by atoms with Crippen molar-refractivity contribution in [3.63, 3.8) is 0 Å². The highest BCUT2D eigenvalue weighted by Crippen LogP contribution is 2.34. The van der Waals surface area contributed by atoms with Gasteiger partial charge in [0, 0.05) is 19.4 Å². The molecule has 2 rings (SSSR count). The second-order valence-corrected chi connectivity index (χ2v) is 4.90. The summed E-state index contributed by atoms with van der Waals surface area (Å²) < 4.78 is 15.8. The van der Waals surface area contributed by atoms with Crippen LogP contribution in [0.5, 0.6) is 11.5 Å². The van der Waals surface area contributed by atoms with Gasteiger partial charge in [-0.05, 0) is 17.7 Å². The minimum absolute atomic E-state index is 0. The second kappa shape index (κ2) is 8.72. The van der Waals surface area contributed by atoms with Gasteiger partial charge in [-0.3, -0.25) is 9.59 Å². The first-order chi connectivity index (χ1) is 11.0. The standard InChI is InChI=1S/C18H18O5.CH4/c1-12(19)22-16-10-9-15(11-17(16)21-3)18(23-13(2)20)14-7-5-4-6-8-14;/h4-11,18H,1-3H3;1H4. The summed E-state index contributed by atoms with van der Waals surface area (Å²) in [7, 11) is 1.48. The van der Waals surface area contributed by atoms with Gasteiger partial charge in [-0.15, -0.1) is 0 Å². The number of hydrogen-bond acceptors (Lipinski definition) is 5. The number of ether oxygens (including phenoxy) is 3. The summed E-state index contributed by atoms with van der Waals surface area (Å²) >= 11 is 0. The molecular formula is C19H22O5. The minimum atomic E-state index is -0.561. The molecule has 5 nitrogen and oxygen atoms in total. The van der Waals surface area contributed by atoms with Gasteiger partial charge in [0.2, 0.25) is 0 Å². The zero-order chi connectivity index (χ0) is 16.8. The summed E-state index contributed by atoms with van der Waals surface area (Å²) in [4.78, 5) is 22.6. The molecule has 0 heterocycles. The third-order valence-corrected chi connectivity index (χ3v) is 3.13. The lowest BCUT2D eigenvalue weighted by Crippen LogP contribution is -2.11. The van der Waals surface area contributed by atoms with Gasteiger partial charge in [-0.2, -0.15) is 0 Å². The van der Waals surface area contributed by atoms with Crippen molar-refractivity contribution >= 4 is 11.9 Å². The van der Waals surface area contributed by atoms with Gasteiger partial charge >= 0.3 is 11.9 Å². The maximum absolute atomic E-state index is 11.4. The van der Waals surface area contributed by atoms with Gasteiger partial charge in [0.25, 0.3) is 0 Å². The van der Waals surface area contributed by atoms with Crippen LogP contribution in [0.4, 0.5) is 0 Å². The zero-order valence-electron chi connectivity index (χ0n) is 13.2. The van der Waals surface area contributed by atoms with E-state index in [4.69, 9.17) is 14.2 Å². The van der Waals surface area contributed by atoms with Crippen molar-refractivity contribution < 1.29 is 23.8 Å². The Bertz CT molecular complexity index is 694. The van der Waals surface area contributed by atoms with Crippen LogP contribution in [0.3, 0.4) is 0 Å². The highest BCUT2D eigenvalue weighted by molar-refractivity contribution is 5.70. The van der Waals surface area contributed by atoms with Crippen LogP contribution in [0.25, 0.3) is 0 Å². The first kappa shape index (κ1) is 19.2. The first-order valence-corrected chi connectivity index (χ1v) is 7.09. The molecule has 0 aliphatic carbocycles. The molecule has 0 aromatic heterocycles. The first-order valence-electron chi connectivity index (χ1n) is 7.09. The molecule has 1 unspecified atom stereocenters. The molecule has 0 saturated heterocycles. The molecule has 0 fully saturated rings. The lowest BCUT2D eigenvalue weighted by molar-refractivity contribution is -0.144. The average molecular weight is 330 g/mol. The van der Waals surface area contributed by atoms with Crippen molar-refractivity contribution in [3.05, 3.63) is 59.7 Å². The number of rotatable bonds is 5. The minimum Gasteiger partial charge on any atom is -0.493 e. The zero-order valence-corrected chi connectivity index (χ0v) is 13.2. The number of esters is 2. The van der Waals surface area contributed by atoms with Gasteiger partial charge in [-0.25, -0.2) is 0 Å². The predicted octanol–water partition coefficient (Wildman–Crippen LogP) is 3.91. The Hall–Kier alpha value is -2.82. The molecule has 0 spiro atoms. The highest BCUT2D eigenvalue weighted by Gasteiger charge is 2.19. The van der Waals surface area contributed by atoms with E-state index >= 15 is 0 Å². The molecule has 0 aliphatic rings. The van der Waals surface area contributed by atoms with E-state index in [2.05, 4.69) is 0 Å². The van der Waals surface area contributed by atoms with Crippen molar-refractivity contribution in [1.29, 1.82) is 0 Å². The van der Waals surface area contributed by atoms with E-state index in [0.29, 0.717) is 11.5 Å². The van der Waals surface area contributed by atoms with Crippen molar-refractivity contribution in [3.8, 4) is 11.5 Å². The predicted molar refractivity (Wildman–Crippen MR) is 91.1 cm³/mol. The van der Waals surface area contributed by atoms with Crippen LogP contribution in [0.1, 0.15) is 38.5 Å². The third kappa shape index (κ3) is 4.84. The average Bonchev–Trinajstić information content (AvgIpc) is 2.53. The monoisotopic (exact) mass is 330 g/mol. The molecule has 0 aliphatic heterocycles.